The summed E-state index contributed by atoms with van der Waals surface area (Å²) >= 11 is 0. The first-order valence-electron chi connectivity index (χ1n) is 11.5. The van der Waals surface area contributed by atoms with Crippen molar-refractivity contribution in [1.82, 2.24) is 14.5 Å². The van der Waals surface area contributed by atoms with E-state index in [0.717, 1.165) is 24.9 Å². The van der Waals surface area contributed by atoms with Crippen LogP contribution in [-0.4, -0.2) is 62.8 Å². The van der Waals surface area contributed by atoms with Crippen molar-refractivity contribution in [2.75, 3.05) is 39.3 Å². The van der Waals surface area contributed by atoms with Gasteiger partial charge in [0.2, 0.25) is 15.9 Å². The summed E-state index contributed by atoms with van der Waals surface area (Å²) in [5, 5.41) is 3.05. The molecule has 3 rings (SSSR count). The number of nitrogens with one attached hydrogen (secondary N) is 1. The largest absolute Gasteiger partial charge is 0.356 e. The average Bonchev–Trinajstić information content (AvgIpc) is 3.30. The number of hydrogen-bond donors (Lipinski definition) is 1. The Labute approximate surface area is 182 Å². The van der Waals surface area contributed by atoms with Gasteiger partial charge in [0, 0.05) is 25.6 Å². The Morgan fingerprint density at radius 3 is 2.33 bits per heavy atom. The van der Waals surface area contributed by atoms with E-state index in [0.29, 0.717) is 43.3 Å². The summed E-state index contributed by atoms with van der Waals surface area (Å²) in [5.74, 6) is 0.411. The van der Waals surface area contributed by atoms with Crippen molar-refractivity contribution in [3.63, 3.8) is 0 Å². The lowest BCUT2D eigenvalue weighted by Crippen LogP contribution is -2.43. The summed E-state index contributed by atoms with van der Waals surface area (Å²) in [4.78, 5) is 15.3. The monoisotopic (exact) mass is 435 g/mol. The molecule has 2 aliphatic rings. The lowest BCUT2D eigenvalue weighted by Gasteiger charge is -2.30. The van der Waals surface area contributed by atoms with E-state index in [-0.39, 0.29) is 11.8 Å². The van der Waals surface area contributed by atoms with E-state index in [4.69, 9.17) is 0 Å². The van der Waals surface area contributed by atoms with Crippen LogP contribution in [0, 0.1) is 5.92 Å². The van der Waals surface area contributed by atoms with Gasteiger partial charge in [0.05, 0.1) is 4.90 Å². The van der Waals surface area contributed by atoms with E-state index in [1.807, 2.05) is 12.1 Å². The number of likely N-dealkylation sites (tertiary alicyclic amines) is 1. The van der Waals surface area contributed by atoms with Crippen molar-refractivity contribution in [2.45, 2.75) is 63.2 Å². The number of carbonyl (C=O) groups is 1. The summed E-state index contributed by atoms with van der Waals surface area (Å²) in [7, 11) is -3.49. The first-order chi connectivity index (χ1) is 14.4. The van der Waals surface area contributed by atoms with Crippen molar-refractivity contribution in [3.8, 4) is 0 Å². The number of nitrogens with zero attached hydrogens (tertiary/aromatic N) is 2. The fourth-order valence-corrected chi connectivity index (χ4v) is 5.85. The third-order valence-corrected chi connectivity index (χ3v) is 8.59. The molecule has 0 aliphatic carbocycles. The molecule has 6 nitrogen and oxygen atoms in total. The highest BCUT2D eigenvalue weighted by Gasteiger charge is 2.32. The first-order valence-corrected chi connectivity index (χ1v) is 13.0. The number of rotatable bonds is 9. The molecule has 2 saturated heterocycles. The van der Waals surface area contributed by atoms with Crippen LogP contribution in [0.2, 0.25) is 0 Å². The molecule has 0 bridgehead atoms. The van der Waals surface area contributed by atoms with Gasteiger partial charge in [0.25, 0.3) is 0 Å². The highest BCUT2D eigenvalue weighted by molar-refractivity contribution is 7.89. The molecule has 2 aliphatic heterocycles. The number of sulfonamides is 1. The summed E-state index contributed by atoms with van der Waals surface area (Å²) < 4.78 is 27.5. The van der Waals surface area contributed by atoms with Gasteiger partial charge in [0.15, 0.2) is 0 Å². The van der Waals surface area contributed by atoms with E-state index in [1.165, 1.54) is 30.2 Å². The average molecular weight is 436 g/mol. The minimum atomic E-state index is -3.49. The van der Waals surface area contributed by atoms with E-state index >= 15 is 0 Å². The highest BCUT2D eigenvalue weighted by Crippen LogP contribution is 2.26. The Morgan fingerprint density at radius 1 is 1.10 bits per heavy atom. The summed E-state index contributed by atoms with van der Waals surface area (Å²) in [6.07, 6.45) is 5.75. The number of benzene rings is 1. The first kappa shape index (κ1) is 23.2. The van der Waals surface area contributed by atoms with Crippen LogP contribution in [0.1, 0.15) is 63.9 Å². The minimum absolute atomic E-state index is 0.0753. The molecule has 1 atom stereocenters. The summed E-state index contributed by atoms with van der Waals surface area (Å²) in [6.45, 7) is 9.20. The molecule has 1 aromatic carbocycles. The van der Waals surface area contributed by atoms with Crippen molar-refractivity contribution in [3.05, 3.63) is 29.8 Å². The SMILES string of the molecule is CCC(C)c1ccc(S(=O)(=O)N2CCC(C(=O)NCCCN3CCCC3)CC2)cc1. The van der Waals surface area contributed by atoms with E-state index in [1.54, 1.807) is 12.1 Å². The predicted molar refractivity (Wildman–Crippen MR) is 120 cm³/mol. The van der Waals surface area contributed by atoms with Crippen molar-refractivity contribution < 1.29 is 13.2 Å². The summed E-state index contributed by atoms with van der Waals surface area (Å²) in [5.41, 5.74) is 1.16. The van der Waals surface area contributed by atoms with Gasteiger partial charge in [-0.2, -0.15) is 4.31 Å². The molecule has 7 heteroatoms. The van der Waals surface area contributed by atoms with E-state index in [9.17, 15) is 13.2 Å². The van der Waals surface area contributed by atoms with Gasteiger partial charge in [-0.25, -0.2) is 8.42 Å². The van der Waals surface area contributed by atoms with Gasteiger partial charge in [-0.15, -0.1) is 0 Å². The smallest absolute Gasteiger partial charge is 0.243 e. The topological polar surface area (TPSA) is 69.7 Å². The Kier molecular flexibility index (Phi) is 8.31. The molecule has 0 aromatic heterocycles. The standard InChI is InChI=1S/C23H37N3O3S/c1-3-19(2)20-7-9-22(10-8-20)30(28,29)26-17-11-21(12-18-26)23(27)24-13-6-16-25-14-4-5-15-25/h7-10,19,21H,3-6,11-18H2,1-2H3,(H,24,27). The van der Waals surface area contributed by atoms with E-state index in [2.05, 4.69) is 24.1 Å². The molecule has 168 valence electrons. The predicted octanol–water partition coefficient (Wildman–Crippen LogP) is 3.20. The lowest BCUT2D eigenvalue weighted by atomic mass is 9.97. The molecule has 30 heavy (non-hydrogen) atoms. The second-order valence-electron chi connectivity index (χ2n) is 8.75. The third-order valence-electron chi connectivity index (χ3n) is 6.67. The molecule has 0 spiro atoms. The van der Waals surface area contributed by atoms with Crippen LogP contribution in [0.5, 0.6) is 0 Å². The summed E-state index contributed by atoms with van der Waals surface area (Å²) in [6, 6.07) is 7.28. The van der Waals surface area contributed by atoms with Gasteiger partial charge in [-0.05, 0) is 81.8 Å². The van der Waals surface area contributed by atoms with Crippen LogP contribution in [0.25, 0.3) is 0 Å². The molecular weight excluding hydrogens is 398 g/mol. The highest BCUT2D eigenvalue weighted by atomic mass is 32.2. The molecule has 0 saturated carbocycles. The van der Waals surface area contributed by atoms with E-state index < -0.39 is 10.0 Å². The normalized spacial score (nSPS) is 20.3. The zero-order valence-electron chi connectivity index (χ0n) is 18.5. The zero-order chi connectivity index (χ0) is 21.6. The zero-order valence-corrected chi connectivity index (χ0v) is 19.3. The van der Waals surface area contributed by atoms with Crippen LogP contribution in [0.3, 0.4) is 0 Å². The quantitative estimate of drug-likeness (QED) is 0.605. The lowest BCUT2D eigenvalue weighted by molar-refractivity contribution is -0.126. The van der Waals surface area contributed by atoms with Crippen LogP contribution in [0.15, 0.2) is 29.2 Å². The Bertz CT molecular complexity index is 780. The molecule has 0 radical (unpaired) electrons. The Hall–Kier alpha value is -1.44. The van der Waals surface area contributed by atoms with Gasteiger partial charge in [-0.1, -0.05) is 26.0 Å². The fraction of sp³-hybridized carbons (Fsp3) is 0.696. The second-order valence-corrected chi connectivity index (χ2v) is 10.7. The van der Waals surface area contributed by atoms with Gasteiger partial charge >= 0.3 is 0 Å². The number of hydrogen-bond acceptors (Lipinski definition) is 4. The van der Waals surface area contributed by atoms with Crippen LogP contribution < -0.4 is 5.32 Å². The van der Waals surface area contributed by atoms with Crippen LogP contribution >= 0.6 is 0 Å². The van der Waals surface area contributed by atoms with Crippen molar-refractivity contribution in [2.24, 2.45) is 5.92 Å². The molecule has 1 aromatic rings. The molecule has 1 unspecified atom stereocenters. The molecule has 2 heterocycles. The molecular formula is C23H37N3O3S. The number of carbonyl (C=O) groups excluding carboxylic acids is 1. The maximum absolute atomic E-state index is 13.0. The maximum Gasteiger partial charge on any atom is 0.243 e. The van der Waals surface area contributed by atoms with Crippen molar-refractivity contribution in [1.29, 1.82) is 0 Å². The minimum Gasteiger partial charge on any atom is -0.356 e. The van der Waals surface area contributed by atoms with Crippen molar-refractivity contribution >= 4 is 15.9 Å². The molecule has 2 fully saturated rings. The van der Waals surface area contributed by atoms with Gasteiger partial charge < -0.3 is 10.2 Å². The second kappa shape index (κ2) is 10.7. The van der Waals surface area contributed by atoms with Gasteiger partial charge in [0.1, 0.15) is 0 Å². The Balaban J connectivity index is 1.45. The van der Waals surface area contributed by atoms with Crippen LogP contribution in [0.4, 0.5) is 0 Å². The molecule has 1 N–H and O–H groups in total. The third kappa shape index (κ3) is 5.83. The molecule has 1 amide bonds. The van der Waals surface area contributed by atoms with Gasteiger partial charge in [-0.3, -0.25) is 4.79 Å². The Morgan fingerprint density at radius 2 is 1.73 bits per heavy atom. The maximum atomic E-state index is 13.0. The number of piperidine rings is 1. The number of amides is 1. The van der Waals surface area contributed by atoms with Crippen LogP contribution in [-0.2, 0) is 14.8 Å². The fourth-order valence-electron chi connectivity index (χ4n) is 4.38.